The minimum atomic E-state index is -1.35. The van der Waals surface area contributed by atoms with E-state index in [4.69, 9.17) is 5.11 Å². The molecule has 0 bridgehead atoms. The predicted octanol–water partition coefficient (Wildman–Crippen LogP) is 1.54. The number of hydrogen-bond acceptors (Lipinski definition) is 4. The molecule has 0 aliphatic rings. The lowest BCUT2D eigenvalue weighted by Gasteiger charge is -2.19. The first-order valence-corrected chi connectivity index (χ1v) is 5.07. The summed E-state index contributed by atoms with van der Waals surface area (Å²) < 4.78 is 0. The predicted molar refractivity (Wildman–Crippen MR) is 61.6 cm³/mol. The van der Waals surface area contributed by atoms with Gasteiger partial charge in [0.15, 0.2) is 5.75 Å². The fourth-order valence-corrected chi connectivity index (χ4v) is 1.69. The van der Waals surface area contributed by atoms with E-state index in [2.05, 4.69) is 0 Å². The molecule has 0 saturated heterocycles. The van der Waals surface area contributed by atoms with Crippen molar-refractivity contribution in [1.82, 2.24) is 0 Å². The van der Waals surface area contributed by atoms with E-state index in [-0.39, 0.29) is 11.1 Å². The quantitative estimate of drug-likeness (QED) is 0.696. The van der Waals surface area contributed by atoms with Crippen molar-refractivity contribution >= 4 is 5.97 Å². The molecule has 0 unspecified atom stereocenters. The normalized spacial score (nSPS) is 10.2. The standard InChI is InChI=1S/C13H10O5/c14-9-6-8(13(17)18)10(12(16)11(9)15)7-4-2-1-3-5-7/h1-6,14-16H,(H,17,18)/p-1. The van der Waals surface area contributed by atoms with E-state index in [1.54, 1.807) is 30.3 Å². The fraction of sp³-hybridized carbons (Fsp3) is 0. The number of aromatic carboxylic acids is 1. The van der Waals surface area contributed by atoms with Gasteiger partial charge in [-0.3, -0.25) is 0 Å². The number of benzene rings is 2. The van der Waals surface area contributed by atoms with Crippen LogP contribution in [0.2, 0.25) is 0 Å². The first-order valence-electron chi connectivity index (χ1n) is 5.07. The van der Waals surface area contributed by atoms with E-state index in [0.29, 0.717) is 5.56 Å². The van der Waals surface area contributed by atoms with Gasteiger partial charge in [-0.1, -0.05) is 36.1 Å². The van der Waals surface area contributed by atoms with Crippen molar-refractivity contribution in [3.05, 3.63) is 42.0 Å². The molecule has 18 heavy (non-hydrogen) atoms. The molecular weight excluding hydrogens is 236 g/mol. The monoisotopic (exact) mass is 245 g/mol. The second kappa shape index (κ2) is 4.29. The number of carbonyl (C=O) groups is 1. The van der Waals surface area contributed by atoms with Gasteiger partial charge >= 0.3 is 5.97 Å². The van der Waals surface area contributed by atoms with Gasteiger partial charge < -0.3 is 20.4 Å². The maximum atomic E-state index is 11.8. The molecule has 2 aromatic rings. The SMILES string of the molecule is O=C(O)c1cc(O)c(O)c([O-])c1-c1ccccc1. The van der Waals surface area contributed by atoms with E-state index in [9.17, 15) is 20.1 Å². The maximum absolute atomic E-state index is 11.8. The lowest BCUT2D eigenvalue weighted by molar-refractivity contribution is -0.269. The molecule has 2 aromatic carbocycles. The largest absolute Gasteiger partial charge is 0.869 e. The average molecular weight is 245 g/mol. The molecule has 0 atom stereocenters. The van der Waals surface area contributed by atoms with E-state index >= 15 is 0 Å². The smallest absolute Gasteiger partial charge is 0.336 e. The molecule has 0 aliphatic carbocycles. The molecule has 0 aromatic heterocycles. The van der Waals surface area contributed by atoms with Gasteiger partial charge in [0.2, 0.25) is 0 Å². The lowest BCUT2D eigenvalue weighted by Crippen LogP contribution is -2.04. The molecule has 2 rings (SSSR count). The van der Waals surface area contributed by atoms with Crippen LogP contribution in [0.1, 0.15) is 10.4 Å². The Bertz CT molecular complexity index is 605. The Morgan fingerprint density at radius 3 is 2.28 bits per heavy atom. The van der Waals surface area contributed by atoms with Crippen molar-refractivity contribution in [3.8, 4) is 28.4 Å². The third-order valence-corrected chi connectivity index (χ3v) is 2.53. The van der Waals surface area contributed by atoms with Crippen LogP contribution in [-0.2, 0) is 0 Å². The van der Waals surface area contributed by atoms with Crippen molar-refractivity contribution in [2.45, 2.75) is 0 Å². The fourth-order valence-electron chi connectivity index (χ4n) is 1.69. The minimum Gasteiger partial charge on any atom is -0.869 e. The number of carboxylic acids is 1. The zero-order chi connectivity index (χ0) is 13.3. The van der Waals surface area contributed by atoms with Crippen LogP contribution in [0.15, 0.2) is 36.4 Å². The molecule has 0 aliphatic heterocycles. The van der Waals surface area contributed by atoms with Crippen LogP contribution >= 0.6 is 0 Å². The molecule has 0 saturated carbocycles. The number of rotatable bonds is 2. The first-order chi connectivity index (χ1) is 8.52. The van der Waals surface area contributed by atoms with Crippen molar-refractivity contribution in [2.75, 3.05) is 0 Å². The van der Waals surface area contributed by atoms with Gasteiger partial charge in [-0.2, -0.15) is 0 Å². The maximum Gasteiger partial charge on any atom is 0.336 e. The van der Waals surface area contributed by atoms with Crippen LogP contribution in [0.4, 0.5) is 0 Å². The highest BCUT2D eigenvalue weighted by atomic mass is 16.4. The second-order valence-corrected chi connectivity index (χ2v) is 3.67. The van der Waals surface area contributed by atoms with Crippen molar-refractivity contribution in [3.63, 3.8) is 0 Å². The summed E-state index contributed by atoms with van der Waals surface area (Å²) in [5, 5.41) is 39.6. The van der Waals surface area contributed by atoms with Crippen LogP contribution in [-0.4, -0.2) is 21.3 Å². The summed E-state index contributed by atoms with van der Waals surface area (Å²) in [5.41, 5.74) is -0.116. The van der Waals surface area contributed by atoms with Gasteiger partial charge in [-0.05, 0) is 17.2 Å². The lowest BCUT2D eigenvalue weighted by atomic mass is 9.97. The summed E-state index contributed by atoms with van der Waals surface area (Å²) in [6, 6.07) is 8.98. The molecule has 92 valence electrons. The van der Waals surface area contributed by atoms with Crippen LogP contribution in [0.5, 0.6) is 17.2 Å². The highest BCUT2D eigenvalue weighted by Crippen LogP contribution is 2.42. The van der Waals surface area contributed by atoms with Crippen molar-refractivity contribution in [1.29, 1.82) is 0 Å². The van der Waals surface area contributed by atoms with Crippen molar-refractivity contribution in [2.24, 2.45) is 0 Å². The van der Waals surface area contributed by atoms with E-state index in [1.807, 2.05) is 0 Å². The molecule has 0 radical (unpaired) electrons. The zero-order valence-electron chi connectivity index (χ0n) is 9.12. The number of carboxylic acid groups (broad SMARTS) is 1. The van der Waals surface area contributed by atoms with Gasteiger partial charge in [-0.25, -0.2) is 4.79 Å². The van der Waals surface area contributed by atoms with E-state index in [1.165, 1.54) is 0 Å². The highest BCUT2D eigenvalue weighted by Gasteiger charge is 2.17. The van der Waals surface area contributed by atoms with Crippen LogP contribution < -0.4 is 5.11 Å². The Labute approximate surface area is 102 Å². The molecule has 5 heteroatoms. The van der Waals surface area contributed by atoms with Crippen LogP contribution in [0.25, 0.3) is 11.1 Å². The molecular formula is C13H9O5-. The van der Waals surface area contributed by atoms with Gasteiger partial charge in [0, 0.05) is 0 Å². The molecule has 0 heterocycles. The van der Waals surface area contributed by atoms with Crippen LogP contribution in [0, 0.1) is 0 Å². The summed E-state index contributed by atoms with van der Waals surface area (Å²) >= 11 is 0. The molecule has 3 N–H and O–H groups in total. The van der Waals surface area contributed by atoms with Crippen molar-refractivity contribution < 1.29 is 25.2 Å². The minimum absolute atomic E-state index is 0.140. The Morgan fingerprint density at radius 2 is 1.72 bits per heavy atom. The second-order valence-electron chi connectivity index (χ2n) is 3.67. The summed E-state index contributed by atoms with van der Waals surface area (Å²) in [4.78, 5) is 11.1. The van der Waals surface area contributed by atoms with Gasteiger partial charge in [0.1, 0.15) is 5.75 Å². The van der Waals surface area contributed by atoms with Crippen LogP contribution in [0.3, 0.4) is 0 Å². The summed E-state index contributed by atoms with van der Waals surface area (Å²) in [6.45, 7) is 0. The Hall–Kier alpha value is -2.69. The third kappa shape index (κ3) is 1.82. The van der Waals surface area contributed by atoms with E-state index in [0.717, 1.165) is 6.07 Å². The molecule has 0 fully saturated rings. The summed E-state index contributed by atoms with van der Waals surface area (Å²) in [6.07, 6.45) is 0. The van der Waals surface area contributed by atoms with Gasteiger partial charge in [0.25, 0.3) is 0 Å². The third-order valence-electron chi connectivity index (χ3n) is 2.53. The summed E-state index contributed by atoms with van der Waals surface area (Å²) in [7, 11) is 0. The highest BCUT2D eigenvalue weighted by molar-refractivity contribution is 5.99. The number of phenolic OH excluding ortho intramolecular Hbond substituents is 2. The number of hydrogen-bond donors (Lipinski definition) is 3. The van der Waals surface area contributed by atoms with E-state index < -0.39 is 23.2 Å². The van der Waals surface area contributed by atoms with Gasteiger partial charge in [0.05, 0.1) is 5.56 Å². The molecule has 0 amide bonds. The topological polar surface area (TPSA) is 101 Å². The number of aromatic hydroxyl groups is 2. The Balaban J connectivity index is 2.80. The average Bonchev–Trinajstić information content (AvgIpc) is 2.36. The Kier molecular flexibility index (Phi) is 2.81. The summed E-state index contributed by atoms with van der Waals surface area (Å²) in [5.74, 6) is -3.84. The molecule has 5 nitrogen and oxygen atoms in total. The zero-order valence-corrected chi connectivity index (χ0v) is 9.12. The van der Waals surface area contributed by atoms with Gasteiger partial charge in [-0.15, -0.1) is 0 Å². The molecule has 0 spiro atoms. The Morgan fingerprint density at radius 1 is 1.11 bits per heavy atom. The number of phenols is 2. The first kappa shape index (κ1) is 11.8.